The van der Waals surface area contributed by atoms with Crippen molar-refractivity contribution in [1.29, 1.82) is 0 Å². The van der Waals surface area contributed by atoms with E-state index in [-0.39, 0.29) is 12.5 Å². The summed E-state index contributed by atoms with van der Waals surface area (Å²) in [5, 5.41) is 12.4. The van der Waals surface area contributed by atoms with E-state index in [0.29, 0.717) is 23.7 Å². The molecular weight excluding hydrogens is 254 g/mol. The van der Waals surface area contributed by atoms with Crippen molar-refractivity contribution in [1.82, 2.24) is 5.32 Å². The van der Waals surface area contributed by atoms with Gasteiger partial charge in [0.05, 0.1) is 6.10 Å². The summed E-state index contributed by atoms with van der Waals surface area (Å²) in [5.41, 5.74) is 0.906. The van der Waals surface area contributed by atoms with Gasteiger partial charge < -0.3 is 15.2 Å². The summed E-state index contributed by atoms with van der Waals surface area (Å²) >= 11 is 5.88. The average molecular weight is 272 g/mol. The Hall–Kier alpha value is -1.26. The number of aryl methyl sites for hydroxylation is 1. The molecule has 4 nitrogen and oxygen atoms in total. The van der Waals surface area contributed by atoms with E-state index in [1.807, 2.05) is 6.92 Å². The van der Waals surface area contributed by atoms with E-state index in [1.54, 1.807) is 25.1 Å². The van der Waals surface area contributed by atoms with E-state index < -0.39 is 6.10 Å². The second-order valence-corrected chi connectivity index (χ2v) is 4.59. The molecule has 5 heteroatoms. The van der Waals surface area contributed by atoms with E-state index in [4.69, 9.17) is 21.4 Å². The van der Waals surface area contributed by atoms with Crippen LogP contribution in [0.15, 0.2) is 18.2 Å². The minimum atomic E-state index is -0.412. The van der Waals surface area contributed by atoms with Crippen molar-refractivity contribution in [2.24, 2.45) is 0 Å². The Morgan fingerprint density at radius 2 is 2.28 bits per heavy atom. The van der Waals surface area contributed by atoms with Gasteiger partial charge in [-0.15, -0.1) is 0 Å². The molecular formula is C13H18ClNO3. The molecule has 0 saturated heterocycles. The van der Waals surface area contributed by atoms with Crippen LogP contribution >= 0.6 is 11.6 Å². The number of hydrogen-bond acceptors (Lipinski definition) is 3. The molecule has 18 heavy (non-hydrogen) atoms. The van der Waals surface area contributed by atoms with Gasteiger partial charge in [-0.2, -0.15) is 0 Å². The standard InChI is InChI=1S/C13H18ClNO3/c1-9-7-11(3-4-12(9)14)18-8-13(17)15-6-5-10(2)16/h3-4,7,10,16H,5-6,8H2,1-2H3,(H,15,17). The third-order valence-electron chi connectivity index (χ3n) is 2.38. The van der Waals surface area contributed by atoms with Crippen LogP contribution < -0.4 is 10.1 Å². The molecule has 1 unspecified atom stereocenters. The predicted molar refractivity (Wildman–Crippen MR) is 71.0 cm³/mol. The van der Waals surface area contributed by atoms with Crippen LogP contribution in [0.3, 0.4) is 0 Å². The molecule has 0 fully saturated rings. The minimum absolute atomic E-state index is 0.0408. The van der Waals surface area contributed by atoms with E-state index in [1.165, 1.54) is 0 Å². The van der Waals surface area contributed by atoms with Gasteiger partial charge in [-0.3, -0.25) is 4.79 Å². The summed E-state index contributed by atoms with van der Waals surface area (Å²) in [6.45, 7) is 3.96. The molecule has 0 heterocycles. The highest BCUT2D eigenvalue weighted by molar-refractivity contribution is 6.31. The maximum atomic E-state index is 11.4. The van der Waals surface area contributed by atoms with Crippen LogP contribution in [0.5, 0.6) is 5.75 Å². The average Bonchev–Trinajstić information content (AvgIpc) is 2.30. The molecule has 0 aromatic heterocycles. The Morgan fingerprint density at radius 1 is 1.56 bits per heavy atom. The van der Waals surface area contributed by atoms with Crippen LogP contribution in [0.4, 0.5) is 0 Å². The highest BCUT2D eigenvalue weighted by Gasteiger charge is 2.04. The Kier molecular flexibility index (Phi) is 5.95. The lowest BCUT2D eigenvalue weighted by molar-refractivity contribution is -0.123. The van der Waals surface area contributed by atoms with Crippen LogP contribution in [-0.2, 0) is 4.79 Å². The van der Waals surface area contributed by atoms with Gasteiger partial charge in [-0.05, 0) is 44.0 Å². The quantitative estimate of drug-likeness (QED) is 0.831. The molecule has 0 aliphatic carbocycles. The van der Waals surface area contributed by atoms with Gasteiger partial charge in [0.25, 0.3) is 5.91 Å². The van der Waals surface area contributed by atoms with Crippen LogP contribution in [0.1, 0.15) is 18.9 Å². The number of amides is 1. The van der Waals surface area contributed by atoms with Gasteiger partial charge in [0.2, 0.25) is 0 Å². The Labute approximate surface area is 112 Å². The zero-order chi connectivity index (χ0) is 13.5. The lowest BCUT2D eigenvalue weighted by Crippen LogP contribution is -2.31. The van der Waals surface area contributed by atoms with Crippen molar-refractivity contribution >= 4 is 17.5 Å². The van der Waals surface area contributed by atoms with Crippen LogP contribution in [0, 0.1) is 6.92 Å². The summed E-state index contributed by atoms with van der Waals surface area (Å²) in [4.78, 5) is 11.4. The maximum absolute atomic E-state index is 11.4. The van der Waals surface area contributed by atoms with Crippen molar-refractivity contribution in [3.63, 3.8) is 0 Å². The molecule has 0 saturated carbocycles. The van der Waals surface area contributed by atoms with E-state index >= 15 is 0 Å². The summed E-state index contributed by atoms with van der Waals surface area (Å²) < 4.78 is 5.33. The second-order valence-electron chi connectivity index (χ2n) is 4.19. The van der Waals surface area contributed by atoms with Crippen molar-refractivity contribution in [2.75, 3.05) is 13.2 Å². The zero-order valence-electron chi connectivity index (χ0n) is 10.6. The van der Waals surface area contributed by atoms with Crippen LogP contribution in [0.25, 0.3) is 0 Å². The van der Waals surface area contributed by atoms with Crippen LogP contribution in [0.2, 0.25) is 5.02 Å². The van der Waals surface area contributed by atoms with Gasteiger partial charge in [-0.25, -0.2) is 0 Å². The number of hydrogen-bond donors (Lipinski definition) is 2. The molecule has 1 aromatic rings. The first-order valence-electron chi connectivity index (χ1n) is 5.82. The molecule has 1 aromatic carbocycles. The SMILES string of the molecule is Cc1cc(OCC(=O)NCCC(C)O)ccc1Cl. The number of aliphatic hydroxyl groups excluding tert-OH is 1. The zero-order valence-corrected chi connectivity index (χ0v) is 11.3. The lowest BCUT2D eigenvalue weighted by atomic mass is 10.2. The first-order chi connectivity index (χ1) is 8.49. The molecule has 0 aliphatic rings. The van der Waals surface area contributed by atoms with Gasteiger partial charge in [0, 0.05) is 11.6 Å². The summed E-state index contributed by atoms with van der Waals surface area (Å²) in [6.07, 6.45) is 0.122. The summed E-state index contributed by atoms with van der Waals surface area (Å²) in [7, 11) is 0. The van der Waals surface area contributed by atoms with Gasteiger partial charge in [0.1, 0.15) is 5.75 Å². The number of rotatable bonds is 6. The normalized spacial score (nSPS) is 12.0. The van der Waals surface area contributed by atoms with Crippen molar-refractivity contribution in [2.45, 2.75) is 26.4 Å². The molecule has 1 atom stereocenters. The van der Waals surface area contributed by atoms with Gasteiger partial charge >= 0.3 is 0 Å². The number of carbonyl (C=O) groups is 1. The number of benzene rings is 1. The van der Waals surface area contributed by atoms with Crippen molar-refractivity contribution < 1.29 is 14.6 Å². The minimum Gasteiger partial charge on any atom is -0.484 e. The number of aliphatic hydroxyl groups is 1. The first kappa shape index (κ1) is 14.8. The van der Waals surface area contributed by atoms with E-state index in [2.05, 4.69) is 5.32 Å². The summed E-state index contributed by atoms with van der Waals surface area (Å²) in [6, 6.07) is 5.24. The fraction of sp³-hybridized carbons (Fsp3) is 0.462. The topological polar surface area (TPSA) is 58.6 Å². The molecule has 1 amide bonds. The fourth-order valence-corrected chi connectivity index (χ4v) is 1.44. The molecule has 100 valence electrons. The number of halogens is 1. The molecule has 0 radical (unpaired) electrons. The largest absolute Gasteiger partial charge is 0.484 e. The molecule has 0 spiro atoms. The number of nitrogens with one attached hydrogen (secondary N) is 1. The van der Waals surface area contributed by atoms with Crippen molar-refractivity contribution in [3.8, 4) is 5.75 Å². The highest BCUT2D eigenvalue weighted by Crippen LogP contribution is 2.20. The molecule has 2 N–H and O–H groups in total. The summed E-state index contributed by atoms with van der Waals surface area (Å²) in [5.74, 6) is 0.408. The Balaban J connectivity index is 2.31. The smallest absolute Gasteiger partial charge is 0.257 e. The number of carbonyl (C=O) groups excluding carboxylic acids is 1. The third-order valence-corrected chi connectivity index (χ3v) is 2.81. The van der Waals surface area contributed by atoms with E-state index in [9.17, 15) is 4.79 Å². The second kappa shape index (κ2) is 7.24. The molecule has 0 aliphatic heterocycles. The fourth-order valence-electron chi connectivity index (χ4n) is 1.33. The third kappa shape index (κ3) is 5.38. The Morgan fingerprint density at radius 3 is 2.89 bits per heavy atom. The maximum Gasteiger partial charge on any atom is 0.257 e. The Bertz CT molecular complexity index is 407. The predicted octanol–water partition coefficient (Wildman–Crippen LogP) is 1.91. The lowest BCUT2D eigenvalue weighted by Gasteiger charge is -2.09. The molecule has 0 bridgehead atoms. The molecule has 1 rings (SSSR count). The van der Waals surface area contributed by atoms with Crippen molar-refractivity contribution in [3.05, 3.63) is 28.8 Å². The van der Waals surface area contributed by atoms with Gasteiger partial charge in [-0.1, -0.05) is 11.6 Å². The first-order valence-corrected chi connectivity index (χ1v) is 6.20. The van der Waals surface area contributed by atoms with Gasteiger partial charge in [0.15, 0.2) is 6.61 Å². The highest BCUT2D eigenvalue weighted by atomic mass is 35.5. The number of ether oxygens (including phenoxy) is 1. The van der Waals surface area contributed by atoms with E-state index in [0.717, 1.165) is 5.56 Å². The monoisotopic (exact) mass is 271 g/mol. The van der Waals surface area contributed by atoms with Crippen LogP contribution in [-0.4, -0.2) is 30.3 Å².